The van der Waals surface area contributed by atoms with E-state index in [2.05, 4.69) is 31.1 Å². The summed E-state index contributed by atoms with van der Waals surface area (Å²) in [5.41, 5.74) is 1.09. The summed E-state index contributed by atoms with van der Waals surface area (Å²) in [5.74, 6) is 0.486. The van der Waals surface area contributed by atoms with Gasteiger partial charge in [0.2, 0.25) is 0 Å². The van der Waals surface area contributed by atoms with Gasteiger partial charge in [0.05, 0.1) is 5.69 Å². The molecule has 0 N–H and O–H groups in total. The lowest BCUT2D eigenvalue weighted by Gasteiger charge is -1.95. The van der Waals surface area contributed by atoms with Crippen LogP contribution < -0.4 is 0 Å². The Bertz CT molecular complexity index is 232. The van der Waals surface area contributed by atoms with Crippen molar-refractivity contribution in [1.29, 1.82) is 0 Å². The first-order valence-electron chi connectivity index (χ1n) is 4.64. The molecular formula is C8H16BN3. The van der Waals surface area contributed by atoms with Crippen LogP contribution in [0.15, 0.2) is 6.20 Å². The van der Waals surface area contributed by atoms with Gasteiger partial charge in [-0.2, -0.15) is 0 Å². The fourth-order valence-corrected chi connectivity index (χ4v) is 1.01. The van der Waals surface area contributed by atoms with Gasteiger partial charge in [-0.1, -0.05) is 38.7 Å². The van der Waals surface area contributed by atoms with Crippen LogP contribution in [-0.2, 0) is 0 Å². The van der Waals surface area contributed by atoms with Crippen LogP contribution in [0, 0.1) is 0 Å². The lowest BCUT2D eigenvalue weighted by molar-refractivity contribution is 0.794. The van der Waals surface area contributed by atoms with Crippen LogP contribution in [-0.4, -0.2) is 22.3 Å². The first kappa shape index (κ1) is 9.29. The molecule has 1 aromatic rings. The minimum atomic E-state index is 0.486. The second kappa shape index (κ2) is 4.29. The maximum absolute atomic E-state index is 4.08. The van der Waals surface area contributed by atoms with E-state index in [1.165, 1.54) is 12.7 Å². The van der Waals surface area contributed by atoms with Crippen molar-refractivity contribution in [2.75, 3.05) is 0 Å². The van der Waals surface area contributed by atoms with Crippen molar-refractivity contribution in [3.05, 3.63) is 11.9 Å². The summed E-state index contributed by atoms with van der Waals surface area (Å²) in [6, 6.07) is 0. The van der Waals surface area contributed by atoms with E-state index in [0.717, 1.165) is 13.1 Å². The van der Waals surface area contributed by atoms with Crippen LogP contribution >= 0.6 is 0 Å². The van der Waals surface area contributed by atoms with Gasteiger partial charge >= 0.3 is 0 Å². The van der Waals surface area contributed by atoms with Gasteiger partial charge in [0.15, 0.2) is 0 Å². The first-order valence-corrected chi connectivity index (χ1v) is 4.64. The fraction of sp³-hybridized carbons (Fsp3) is 0.750. The Hall–Kier alpha value is -0.795. The minimum Gasteiger partial charge on any atom is -0.302 e. The van der Waals surface area contributed by atoms with Gasteiger partial charge in [0.25, 0.3) is 7.41 Å². The smallest absolute Gasteiger partial charge is 0.268 e. The number of nitrogens with zero attached hydrogens (tertiary/aromatic N) is 3. The van der Waals surface area contributed by atoms with Crippen LogP contribution in [0.25, 0.3) is 0 Å². The third-order valence-electron chi connectivity index (χ3n) is 1.89. The summed E-state index contributed by atoms with van der Waals surface area (Å²) in [7, 11) is 0.996. The summed E-state index contributed by atoms with van der Waals surface area (Å²) in [6.07, 6.45) is 4.43. The average Bonchev–Trinajstić information content (AvgIpc) is 2.48. The Balaban J connectivity index is 2.52. The summed E-state index contributed by atoms with van der Waals surface area (Å²) < 4.78 is 1.93. The van der Waals surface area contributed by atoms with E-state index >= 15 is 0 Å². The van der Waals surface area contributed by atoms with Gasteiger partial charge in [-0.3, -0.25) is 0 Å². The molecule has 0 radical (unpaired) electrons. The van der Waals surface area contributed by atoms with E-state index in [1.807, 2.05) is 10.8 Å². The molecule has 1 aromatic heterocycles. The summed E-state index contributed by atoms with van der Waals surface area (Å²) in [6.45, 7) is 6.45. The molecule has 3 nitrogen and oxygen atoms in total. The topological polar surface area (TPSA) is 30.7 Å². The SMILES string of the molecule is CCCBn1cc(C(C)C)nn1. The predicted molar refractivity (Wildman–Crippen MR) is 51.8 cm³/mol. The molecule has 0 aliphatic heterocycles. The molecule has 0 bridgehead atoms. The average molecular weight is 165 g/mol. The van der Waals surface area contributed by atoms with Crippen LogP contribution in [0.3, 0.4) is 0 Å². The Kier molecular flexibility index (Phi) is 3.32. The van der Waals surface area contributed by atoms with E-state index in [0.29, 0.717) is 5.92 Å². The fourth-order valence-electron chi connectivity index (χ4n) is 1.01. The van der Waals surface area contributed by atoms with Crippen molar-refractivity contribution < 1.29 is 0 Å². The number of hydrogen-bond acceptors (Lipinski definition) is 2. The van der Waals surface area contributed by atoms with Gasteiger partial charge in [0, 0.05) is 6.20 Å². The Morgan fingerprint density at radius 2 is 2.33 bits per heavy atom. The second-order valence-corrected chi connectivity index (χ2v) is 3.41. The third-order valence-corrected chi connectivity index (χ3v) is 1.89. The predicted octanol–water partition coefficient (Wildman–Crippen LogP) is 1.43. The van der Waals surface area contributed by atoms with E-state index in [9.17, 15) is 0 Å². The molecule has 4 heteroatoms. The summed E-state index contributed by atoms with van der Waals surface area (Å²) >= 11 is 0. The Morgan fingerprint density at radius 1 is 1.58 bits per heavy atom. The van der Waals surface area contributed by atoms with Crippen molar-refractivity contribution in [3.8, 4) is 0 Å². The van der Waals surface area contributed by atoms with Crippen LogP contribution in [0.2, 0.25) is 6.32 Å². The molecule has 0 fully saturated rings. The highest BCUT2D eigenvalue weighted by Crippen LogP contribution is 2.08. The molecule has 0 spiro atoms. The standard InChI is InChI=1S/C8H16BN3/c1-4-5-9-12-6-8(7(2)3)10-11-12/h6-7,9H,4-5H2,1-3H3. The van der Waals surface area contributed by atoms with Crippen LogP contribution in [0.5, 0.6) is 0 Å². The molecule has 0 aliphatic rings. The number of hydrogen-bond donors (Lipinski definition) is 0. The van der Waals surface area contributed by atoms with E-state index in [1.54, 1.807) is 0 Å². The summed E-state index contributed by atoms with van der Waals surface area (Å²) in [5, 5.41) is 8.12. The number of aromatic nitrogens is 3. The molecular weight excluding hydrogens is 149 g/mol. The van der Waals surface area contributed by atoms with Gasteiger partial charge in [0.1, 0.15) is 0 Å². The normalized spacial score (nSPS) is 10.7. The molecule has 0 aliphatic carbocycles. The molecule has 12 heavy (non-hydrogen) atoms. The van der Waals surface area contributed by atoms with Crippen molar-refractivity contribution >= 4 is 7.41 Å². The quantitative estimate of drug-likeness (QED) is 0.631. The van der Waals surface area contributed by atoms with E-state index in [-0.39, 0.29) is 0 Å². The monoisotopic (exact) mass is 165 g/mol. The second-order valence-electron chi connectivity index (χ2n) is 3.41. The third kappa shape index (κ3) is 2.36. The van der Waals surface area contributed by atoms with Gasteiger partial charge < -0.3 is 4.59 Å². The Labute approximate surface area is 74.4 Å². The van der Waals surface area contributed by atoms with Gasteiger partial charge in [-0.25, -0.2) is 0 Å². The Morgan fingerprint density at radius 3 is 2.83 bits per heavy atom. The highest BCUT2D eigenvalue weighted by atomic mass is 15.4. The van der Waals surface area contributed by atoms with E-state index in [4.69, 9.17) is 0 Å². The lowest BCUT2D eigenvalue weighted by atomic mass is 9.88. The molecule has 1 rings (SSSR count). The summed E-state index contributed by atoms with van der Waals surface area (Å²) in [4.78, 5) is 0. The first-order chi connectivity index (χ1) is 5.74. The van der Waals surface area contributed by atoms with Crippen LogP contribution in [0.4, 0.5) is 0 Å². The van der Waals surface area contributed by atoms with E-state index < -0.39 is 0 Å². The van der Waals surface area contributed by atoms with Crippen LogP contribution in [0.1, 0.15) is 38.8 Å². The largest absolute Gasteiger partial charge is 0.302 e. The molecule has 0 aromatic carbocycles. The van der Waals surface area contributed by atoms with Gasteiger partial charge in [-0.05, 0) is 5.92 Å². The van der Waals surface area contributed by atoms with Gasteiger partial charge in [-0.15, -0.1) is 5.10 Å². The molecule has 0 unspecified atom stereocenters. The highest BCUT2D eigenvalue weighted by Gasteiger charge is 2.04. The molecule has 66 valence electrons. The maximum Gasteiger partial charge on any atom is 0.268 e. The molecule has 0 saturated carbocycles. The lowest BCUT2D eigenvalue weighted by Crippen LogP contribution is -2.05. The van der Waals surface area contributed by atoms with Crippen molar-refractivity contribution in [1.82, 2.24) is 14.9 Å². The zero-order valence-corrected chi connectivity index (χ0v) is 8.12. The minimum absolute atomic E-state index is 0.486. The molecule has 0 amide bonds. The maximum atomic E-state index is 4.08. The zero-order chi connectivity index (χ0) is 8.97. The molecule has 0 atom stereocenters. The molecule has 1 heterocycles. The van der Waals surface area contributed by atoms with Crippen molar-refractivity contribution in [2.45, 2.75) is 39.4 Å². The number of rotatable bonds is 4. The van der Waals surface area contributed by atoms with Crippen molar-refractivity contribution in [2.24, 2.45) is 0 Å². The highest BCUT2D eigenvalue weighted by molar-refractivity contribution is 6.32. The van der Waals surface area contributed by atoms with Crippen molar-refractivity contribution in [3.63, 3.8) is 0 Å². The zero-order valence-electron chi connectivity index (χ0n) is 8.12. The molecule has 0 saturated heterocycles.